The van der Waals surface area contributed by atoms with Gasteiger partial charge in [0, 0.05) is 22.2 Å². The van der Waals surface area contributed by atoms with Gasteiger partial charge in [0.2, 0.25) is 0 Å². The van der Waals surface area contributed by atoms with Gasteiger partial charge in [-0.3, -0.25) is 4.79 Å². The average molecular weight is 555 g/mol. The molecular formula is C32H27ClN2O5. The molecule has 1 aromatic heterocycles. The lowest BCUT2D eigenvalue weighted by Crippen LogP contribution is -2.34. The number of aromatic hydroxyl groups is 1. The summed E-state index contributed by atoms with van der Waals surface area (Å²) in [5, 5.41) is 28.5. The summed E-state index contributed by atoms with van der Waals surface area (Å²) < 4.78 is 13.9. The largest absolute Gasteiger partial charge is 0.507 e. The summed E-state index contributed by atoms with van der Waals surface area (Å²) in [5.74, 6) is 0.269. The van der Waals surface area contributed by atoms with E-state index in [1.807, 2.05) is 50.3 Å². The molecule has 0 unspecified atom stereocenters. The van der Waals surface area contributed by atoms with Crippen LogP contribution in [0.2, 0.25) is 5.02 Å². The molecule has 4 aromatic rings. The zero-order valence-electron chi connectivity index (χ0n) is 22.4. The van der Waals surface area contributed by atoms with Crippen LogP contribution >= 0.6 is 11.6 Å². The maximum atomic E-state index is 13.6. The number of allylic oxidation sites excluding steroid dienone is 1. The van der Waals surface area contributed by atoms with Crippen LogP contribution in [0.15, 0.2) is 66.4 Å². The number of phenolic OH excluding ortho intramolecular Hbond substituents is 1. The van der Waals surface area contributed by atoms with E-state index in [1.165, 1.54) is 13.2 Å². The molecule has 8 heteroatoms. The molecular weight excluding hydrogens is 528 g/mol. The minimum Gasteiger partial charge on any atom is -0.507 e. The van der Waals surface area contributed by atoms with E-state index in [9.17, 15) is 15.0 Å². The number of carbonyl (C=O) groups is 1. The predicted molar refractivity (Wildman–Crippen MR) is 153 cm³/mol. The Balaban J connectivity index is 1.53. The Morgan fingerprint density at radius 2 is 1.85 bits per heavy atom. The molecule has 0 saturated carbocycles. The van der Waals surface area contributed by atoms with E-state index in [2.05, 4.69) is 0 Å². The molecule has 40 heavy (non-hydrogen) atoms. The quantitative estimate of drug-likeness (QED) is 0.216. The highest BCUT2D eigenvalue weighted by molar-refractivity contribution is 6.30. The van der Waals surface area contributed by atoms with E-state index >= 15 is 0 Å². The van der Waals surface area contributed by atoms with Crippen LogP contribution in [0.25, 0.3) is 17.8 Å². The van der Waals surface area contributed by atoms with Gasteiger partial charge < -0.3 is 19.7 Å². The van der Waals surface area contributed by atoms with Crippen molar-refractivity contribution in [2.75, 3.05) is 7.11 Å². The third kappa shape index (κ3) is 3.69. The van der Waals surface area contributed by atoms with Crippen molar-refractivity contribution >= 4 is 29.5 Å². The molecule has 0 saturated heterocycles. The zero-order valence-corrected chi connectivity index (χ0v) is 23.2. The van der Waals surface area contributed by atoms with Crippen LogP contribution in [-0.4, -0.2) is 32.9 Å². The number of halogens is 1. The van der Waals surface area contributed by atoms with Crippen molar-refractivity contribution in [1.29, 1.82) is 0 Å². The van der Waals surface area contributed by atoms with Crippen LogP contribution in [0.1, 0.15) is 57.0 Å². The maximum Gasteiger partial charge on any atom is 0.193 e. The number of nitrogens with zero attached hydrogens (tertiary/aromatic N) is 2. The fourth-order valence-electron chi connectivity index (χ4n) is 5.71. The minimum absolute atomic E-state index is 0.00713. The van der Waals surface area contributed by atoms with E-state index < -0.39 is 17.3 Å². The number of hydrogen-bond acceptors (Lipinski definition) is 6. The highest BCUT2D eigenvalue weighted by atomic mass is 35.5. The van der Waals surface area contributed by atoms with Gasteiger partial charge in [0.15, 0.2) is 5.78 Å². The second kappa shape index (κ2) is 9.40. The lowest BCUT2D eigenvalue weighted by molar-refractivity contribution is 0.0966. The molecule has 202 valence electrons. The first-order chi connectivity index (χ1) is 19.2. The van der Waals surface area contributed by atoms with Gasteiger partial charge in [0.05, 0.1) is 41.3 Å². The van der Waals surface area contributed by atoms with Gasteiger partial charge in [-0.1, -0.05) is 48.0 Å². The molecule has 6 rings (SSSR count). The van der Waals surface area contributed by atoms with Crippen LogP contribution in [0.4, 0.5) is 0 Å². The standard InChI is InChI=1S/C32H27ClN2O5/c1-17-28(37)26(23(36)15-12-19-10-13-20(33)14-11-19)30-27(29(17)39-4)32(3)24(40-30)16-22-25(31(32)38)18(2)34-35(22)21-8-6-5-7-9-21/h5-16,31,37-38H,1-4H3/b15-12+/t31-,32+/m1/s1. The van der Waals surface area contributed by atoms with E-state index in [0.29, 0.717) is 44.6 Å². The highest BCUT2D eigenvalue weighted by Gasteiger charge is 2.55. The van der Waals surface area contributed by atoms with Gasteiger partial charge in [0.25, 0.3) is 0 Å². The summed E-state index contributed by atoms with van der Waals surface area (Å²) >= 11 is 5.98. The molecule has 2 atom stereocenters. The molecule has 2 heterocycles. The molecule has 0 amide bonds. The summed E-state index contributed by atoms with van der Waals surface area (Å²) in [6, 6.07) is 16.7. The Labute approximate surface area is 236 Å². The number of aliphatic hydroxyl groups is 1. The van der Waals surface area contributed by atoms with Crippen molar-refractivity contribution < 1.29 is 24.5 Å². The van der Waals surface area contributed by atoms with Crippen molar-refractivity contribution in [3.05, 3.63) is 111 Å². The monoisotopic (exact) mass is 554 g/mol. The van der Waals surface area contributed by atoms with Crippen molar-refractivity contribution in [2.24, 2.45) is 0 Å². The number of methoxy groups -OCH3 is 1. The topological polar surface area (TPSA) is 93.8 Å². The van der Waals surface area contributed by atoms with Gasteiger partial charge in [-0.15, -0.1) is 0 Å². The Kier molecular flexibility index (Phi) is 6.09. The highest BCUT2D eigenvalue weighted by Crippen LogP contribution is 2.62. The van der Waals surface area contributed by atoms with Gasteiger partial charge in [0.1, 0.15) is 28.6 Å². The summed E-state index contributed by atoms with van der Waals surface area (Å²) in [6.07, 6.45) is 3.82. The Bertz CT molecular complexity index is 1740. The van der Waals surface area contributed by atoms with Gasteiger partial charge in [-0.25, -0.2) is 4.68 Å². The fraction of sp³-hybridized carbons (Fsp3) is 0.188. The Morgan fingerprint density at radius 3 is 2.52 bits per heavy atom. The first-order valence-corrected chi connectivity index (χ1v) is 13.2. The minimum atomic E-state index is -1.10. The van der Waals surface area contributed by atoms with E-state index in [4.69, 9.17) is 26.2 Å². The Hall–Kier alpha value is -4.33. The summed E-state index contributed by atoms with van der Waals surface area (Å²) in [5.41, 5.74) is 3.42. The van der Waals surface area contributed by atoms with E-state index in [-0.39, 0.29) is 17.1 Å². The third-order valence-corrected chi connectivity index (χ3v) is 8.09. The second-order valence-electron chi connectivity index (χ2n) is 10.2. The zero-order chi connectivity index (χ0) is 28.3. The number of aliphatic hydroxyl groups excluding tert-OH is 1. The molecule has 7 nitrogen and oxygen atoms in total. The molecule has 2 N–H and O–H groups in total. The molecule has 0 radical (unpaired) electrons. The van der Waals surface area contributed by atoms with Crippen LogP contribution in [0.3, 0.4) is 0 Å². The summed E-state index contributed by atoms with van der Waals surface area (Å²) in [6.45, 7) is 5.39. The molecule has 0 bridgehead atoms. The van der Waals surface area contributed by atoms with Crippen molar-refractivity contribution in [3.8, 4) is 22.9 Å². The molecule has 1 aliphatic carbocycles. The van der Waals surface area contributed by atoms with E-state index in [0.717, 1.165) is 11.3 Å². The molecule has 0 spiro atoms. The van der Waals surface area contributed by atoms with Crippen LogP contribution in [0.5, 0.6) is 17.2 Å². The number of aromatic nitrogens is 2. The Morgan fingerprint density at radius 1 is 1.15 bits per heavy atom. The number of para-hydroxylation sites is 1. The number of ketones is 1. The number of rotatable bonds is 5. The number of ether oxygens (including phenoxy) is 2. The summed E-state index contributed by atoms with van der Waals surface area (Å²) in [7, 11) is 1.49. The van der Waals surface area contributed by atoms with Gasteiger partial charge >= 0.3 is 0 Å². The first kappa shape index (κ1) is 25.9. The first-order valence-electron chi connectivity index (χ1n) is 12.8. The molecule has 2 aliphatic rings. The molecule has 3 aromatic carbocycles. The molecule has 0 fully saturated rings. The second-order valence-corrected chi connectivity index (χ2v) is 10.6. The smallest absolute Gasteiger partial charge is 0.193 e. The van der Waals surface area contributed by atoms with E-state index in [1.54, 1.807) is 41.9 Å². The molecule has 1 aliphatic heterocycles. The van der Waals surface area contributed by atoms with Crippen LogP contribution < -0.4 is 9.47 Å². The number of carbonyl (C=O) groups excluding carboxylic acids is 1. The lowest BCUT2D eigenvalue weighted by Gasteiger charge is -2.34. The van der Waals surface area contributed by atoms with Gasteiger partial charge in [-0.2, -0.15) is 5.10 Å². The number of fused-ring (bicyclic) bond motifs is 4. The van der Waals surface area contributed by atoms with Crippen molar-refractivity contribution in [1.82, 2.24) is 9.78 Å². The third-order valence-electron chi connectivity index (χ3n) is 7.84. The van der Waals surface area contributed by atoms with Gasteiger partial charge in [-0.05, 0) is 56.7 Å². The lowest BCUT2D eigenvalue weighted by atomic mass is 9.70. The number of aryl methyl sites for hydroxylation is 1. The number of benzene rings is 3. The predicted octanol–water partition coefficient (Wildman–Crippen LogP) is 6.49. The number of hydrogen-bond donors (Lipinski definition) is 2. The van der Waals surface area contributed by atoms with Crippen molar-refractivity contribution in [3.63, 3.8) is 0 Å². The average Bonchev–Trinajstić information content (AvgIpc) is 3.44. The number of phenols is 1. The van der Waals surface area contributed by atoms with Crippen LogP contribution in [0, 0.1) is 13.8 Å². The van der Waals surface area contributed by atoms with Crippen LogP contribution in [-0.2, 0) is 5.41 Å². The van der Waals surface area contributed by atoms with Crippen molar-refractivity contribution in [2.45, 2.75) is 32.3 Å². The SMILES string of the molecule is COc1c(C)c(O)c(C(=O)/C=C/c2ccc(Cl)cc2)c2c1[C@]1(C)C(=Cc3c(c(C)nn3-c3ccccc3)[C@H]1O)O2. The normalized spacial score (nSPS) is 19.1. The fourth-order valence-corrected chi connectivity index (χ4v) is 5.83. The maximum absolute atomic E-state index is 13.6. The summed E-state index contributed by atoms with van der Waals surface area (Å²) in [4.78, 5) is 13.6.